The van der Waals surface area contributed by atoms with Gasteiger partial charge in [0.25, 0.3) is 0 Å². The second-order valence-corrected chi connectivity index (χ2v) is 9.90. The van der Waals surface area contributed by atoms with Crippen molar-refractivity contribution in [1.29, 1.82) is 0 Å². The zero-order chi connectivity index (χ0) is 24.5. The molecule has 0 rings (SSSR count). The molecule has 2 unspecified atom stereocenters. The number of carboxylic acid groups (broad SMARTS) is 1. The van der Waals surface area contributed by atoms with Gasteiger partial charge in [-0.05, 0) is 66.7 Å². The highest BCUT2D eigenvalue weighted by molar-refractivity contribution is 7.99. The maximum Gasteiger partial charge on any atom is 0.326 e. The Labute approximate surface area is 201 Å². The number of carboxylic acids is 1. The van der Waals surface area contributed by atoms with Crippen molar-refractivity contribution in [3.05, 3.63) is 59.5 Å². The van der Waals surface area contributed by atoms with Crippen molar-refractivity contribution in [2.75, 3.05) is 11.5 Å². The summed E-state index contributed by atoms with van der Waals surface area (Å²) >= 11 is 1.63. The molecule has 0 fully saturated rings. The molecule has 0 aliphatic rings. The van der Waals surface area contributed by atoms with Crippen LogP contribution in [0.15, 0.2) is 59.5 Å². The third-order valence-corrected chi connectivity index (χ3v) is 6.00. The lowest BCUT2D eigenvalue weighted by molar-refractivity contribution is -0.138. The second kappa shape index (κ2) is 17.6. The molecule has 5 heteroatoms. The molecule has 0 aromatic rings. The van der Waals surface area contributed by atoms with Crippen LogP contribution < -0.4 is 10.6 Å². The van der Waals surface area contributed by atoms with Crippen LogP contribution in [0.1, 0.15) is 80.1 Å². The van der Waals surface area contributed by atoms with E-state index in [1.165, 1.54) is 16.7 Å². The molecule has 2 atom stereocenters. The molecule has 0 spiro atoms. The summed E-state index contributed by atoms with van der Waals surface area (Å²) in [6, 6.07) is -0.663. The third-order valence-electron chi connectivity index (χ3n) is 5.03. The highest BCUT2D eigenvalue weighted by Crippen LogP contribution is 2.14. The summed E-state index contributed by atoms with van der Waals surface area (Å²) in [6.45, 7) is 20.6. The molecule has 0 aromatic heterocycles. The van der Waals surface area contributed by atoms with Crippen LogP contribution in [0.3, 0.4) is 0 Å². The van der Waals surface area contributed by atoms with Gasteiger partial charge in [-0.1, -0.05) is 61.4 Å². The van der Waals surface area contributed by atoms with E-state index >= 15 is 0 Å². The first-order valence-electron chi connectivity index (χ1n) is 11.7. The summed E-state index contributed by atoms with van der Waals surface area (Å²) in [7, 11) is 0. The van der Waals surface area contributed by atoms with Gasteiger partial charge in [-0.3, -0.25) is 0 Å². The molecule has 0 aliphatic carbocycles. The standard InChI is InChI=1S/C27H46N2O2S/c1-9-12-25(28-21(4)5)24(8)29-26(27(30)31)19-32-18-17-23(7)16-11-15-22(6)14-10-13-20(2)3/h13,15,17,25-26,28-29H,4,8-12,14,16,18-19H2,1-3,5-7H3,(H,30,31)/b22-15+,23-17+. The summed E-state index contributed by atoms with van der Waals surface area (Å²) in [5, 5.41) is 16.0. The molecule has 4 nitrogen and oxygen atoms in total. The highest BCUT2D eigenvalue weighted by Gasteiger charge is 2.21. The van der Waals surface area contributed by atoms with Gasteiger partial charge in [0.2, 0.25) is 0 Å². The van der Waals surface area contributed by atoms with E-state index in [1.54, 1.807) is 11.8 Å². The fourth-order valence-corrected chi connectivity index (χ4v) is 4.14. The minimum Gasteiger partial charge on any atom is -0.480 e. The van der Waals surface area contributed by atoms with Crippen molar-refractivity contribution < 1.29 is 9.90 Å². The second-order valence-electron chi connectivity index (χ2n) is 8.82. The monoisotopic (exact) mass is 462 g/mol. The number of allylic oxidation sites excluding steroid dienone is 6. The zero-order valence-electron chi connectivity index (χ0n) is 21.2. The molecular formula is C27H46N2O2S. The Morgan fingerprint density at radius 1 is 0.938 bits per heavy atom. The molecule has 0 saturated carbocycles. The molecule has 3 N–H and O–H groups in total. The molecular weight excluding hydrogens is 416 g/mol. The van der Waals surface area contributed by atoms with Crippen molar-refractivity contribution in [1.82, 2.24) is 10.6 Å². The summed E-state index contributed by atoms with van der Waals surface area (Å²) in [4.78, 5) is 11.7. The summed E-state index contributed by atoms with van der Waals surface area (Å²) in [6.07, 6.45) is 13.0. The highest BCUT2D eigenvalue weighted by atomic mass is 32.2. The minimum absolute atomic E-state index is 0.00924. The molecule has 0 radical (unpaired) electrons. The molecule has 32 heavy (non-hydrogen) atoms. The van der Waals surface area contributed by atoms with Crippen LogP contribution in [0.4, 0.5) is 0 Å². The summed E-state index contributed by atoms with van der Waals surface area (Å²) in [5.41, 5.74) is 5.74. The van der Waals surface area contributed by atoms with Crippen LogP contribution in [0.5, 0.6) is 0 Å². The van der Waals surface area contributed by atoms with Gasteiger partial charge in [-0.2, -0.15) is 11.8 Å². The van der Waals surface area contributed by atoms with E-state index in [0.29, 0.717) is 11.4 Å². The van der Waals surface area contributed by atoms with E-state index in [1.807, 2.05) is 6.92 Å². The topological polar surface area (TPSA) is 61.4 Å². The maximum atomic E-state index is 11.7. The van der Waals surface area contributed by atoms with E-state index in [4.69, 9.17) is 0 Å². The first-order valence-corrected chi connectivity index (χ1v) is 12.8. The van der Waals surface area contributed by atoms with Crippen molar-refractivity contribution in [3.63, 3.8) is 0 Å². The number of hydrogen-bond donors (Lipinski definition) is 3. The molecule has 0 heterocycles. The Hall–Kier alpha value is -1.88. The number of carbonyl (C=O) groups is 1. The average Bonchev–Trinajstić information content (AvgIpc) is 2.69. The Kier molecular flexibility index (Phi) is 16.6. The van der Waals surface area contributed by atoms with Crippen LogP contribution in [-0.2, 0) is 4.79 Å². The number of hydrogen-bond acceptors (Lipinski definition) is 4. The van der Waals surface area contributed by atoms with Gasteiger partial charge >= 0.3 is 5.97 Å². The number of rotatable bonds is 18. The van der Waals surface area contributed by atoms with Crippen molar-refractivity contribution in [2.45, 2.75) is 92.2 Å². The van der Waals surface area contributed by atoms with Crippen LogP contribution in [0.2, 0.25) is 0 Å². The van der Waals surface area contributed by atoms with Crippen molar-refractivity contribution in [2.24, 2.45) is 0 Å². The van der Waals surface area contributed by atoms with Gasteiger partial charge in [0, 0.05) is 22.9 Å². The van der Waals surface area contributed by atoms with Gasteiger partial charge in [0.1, 0.15) is 6.04 Å². The third kappa shape index (κ3) is 15.9. The Morgan fingerprint density at radius 2 is 1.53 bits per heavy atom. The zero-order valence-corrected chi connectivity index (χ0v) is 22.0. The predicted octanol–water partition coefficient (Wildman–Crippen LogP) is 6.99. The fourth-order valence-electron chi connectivity index (χ4n) is 3.14. The van der Waals surface area contributed by atoms with E-state index in [0.717, 1.165) is 50.0 Å². The quantitative estimate of drug-likeness (QED) is 0.151. The van der Waals surface area contributed by atoms with Crippen LogP contribution in [0.25, 0.3) is 0 Å². The smallest absolute Gasteiger partial charge is 0.326 e. The normalized spacial score (nSPS) is 13.8. The minimum atomic E-state index is -0.848. The van der Waals surface area contributed by atoms with E-state index < -0.39 is 12.0 Å². The molecule has 0 amide bonds. The van der Waals surface area contributed by atoms with Crippen molar-refractivity contribution >= 4 is 17.7 Å². The van der Waals surface area contributed by atoms with E-state index in [-0.39, 0.29) is 6.04 Å². The molecule has 0 aliphatic heterocycles. The maximum absolute atomic E-state index is 11.7. The van der Waals surface area contributed by atoms with Crippen LogP contribution in [-0.4, -0.2) is 34.7 Å². The Morgan fingerprint density at radius 3 is 2.06 bits per heavy atom. The lowest BCUT2D eigenvalue weighted by Crippen LogP contribution is -2.44. The number of thioether (sulfide) groups is 1. The fraction of sp³-hybridized carbons (Fsp3) is 0.593. The lowest BCUT2D eigenvalue weighted by atomic mass is 10.1. The average molecular weight is 463 g/mol. The molecule has 182 valence electrons. The largest absolute Gasteiger partial charge is 0.480 e. The first kappa shape index (κ1) is 30.1. The Bertz CT molecular complexity index is 688. The SMILES string of the molecule is C=C(C)NC(CCC)C(=C)NC(CSC/C=C(\C)CC/C=C(\C)CCC=C(C)C)C(=O)O. The molecule has 0 saturated heterocycles. The van der Waals surface area contributed by atoms with Gasteiger partial charge in [-0.25, -0.2) is 4.79 Å². The van der Waals surface area contributed by atoms with Gasteiger partial charge in [0.05, 0.1) is 6.04 Å². The van der Waals surface area contributed by atoms with Gasteiger partial charge < -0.3 is 15.7 Å². The van der Waals surface area contributed by atoms with Gasteiger partial charge in [-0.15, -0.1) is 0 Å². The van der Waals surface area contributed by atoms with Gasteiger partial charge in [0.15, 0.2) is 0 Å². The number of aliphatic carboxylic acids is 1. The van der Waals surface area contributed by atoms with Crippen LogP contribution in [0, 0.1) is 0 Å². The number of nitrogens with one attached hydrogen (secondary N) is 2. The molecule has 0 aromatic carbocycles. The Balaban J connectivity index is 4.47. The lowest BCUT2D eigenvalue weighted by Gasteiger charge is -2.25. The van der Waals surface area contributed by atoms with E-state index in [9.17, 15) is 9.90 Å². The van der Waals surface area contributed by atoms with Crippen LogP contribution >= 0.6 is 11.8 Å². The summed E-state index contributed by atoms with van der Waals surface area (Å²) in [5.74, 6) is 0.460. The van der Waals surface area contributed by atoms with Crippen molar-refractivity contribution in [3.8, 4) is 0 Å². The van der Waals surface area contributed by atoms with E-state index in [2.05, 4.69) is 76.6 Å². The predicted molar refractivity (Wildman–Crippen MR) is 143 cm³/mol. The summed E-state index contributed by atoms with van der Waals surface area (Å²) < 4.78 is 0. The first-order chi connectivity index (χ1) is 15.1. The molecule has 0 bridgehead atoms.